The van der Waals surface area contributed by atoms with Crippen molar-refractivity contribution in [2.75, 3.05) is 0 Å². The van der Waals surface area contributed by atoms with Crippen LogP contribution in [0.15, 0.2) is 42.1 Å². The average Bonchev–Trinajstić information content (AvgIpc) is 2.73. The number of nitrogens with zero attached hydrogens (tertiary/aromatic N) is 2. The van der Waals surface area contributed by atoms with E-state index in [1.807, 2.05) is 0 Å². The lowest BCUT2D eigenvalue weighted by molar-refractivity contribution is -0.384. The smallest absolute Gasteiger partial charge is 0.269 e. The van der Waals surface area contributed by atoms with Gasteiger partial charge >= 0.3 is 0 Å². The fourth-order valence-corrected chi connectivity index (χ4v) is 1.48. The standard InChI is InChI=1S/C11H10N2O4/c1-2-11(14)7-10(12-17-11)8-3-5-9(6-4-8)13(15)16/h2-6,14H,1,7H2/t11-/m0/s1. The molecule has 2 rings (SSSR count). The van der Waals surface area contributed by atoms with E-state index in [0.717, 1.165) is 0 Å². The van der Waals surface area contributed by atoms with Gasteiger partial charge < -0.3 is 9.94 Å². The van der Waals surface area contributed by atoms with Gasteiger partial charge in [-0.3, -0.25) is 10.1 Å². The fourth-order valence-electron chi connectivity index (χ4n) is 1.48. The van der Waals surface area contributed by atoms with Gasteiger partial charge in [0, 0.05) is 17.7 Å². The van der Waals surface area contributed by atoms with Crippen molar-refractivity contribution < 1.29 is 14.9 Å². The second-order valence-electron chi connectivity index (χ2n) is 3.66. The lowest BCUT2D eigenvalue weighted by Crippen LogP contribution is -2.25. The molecule has 0 bridgehead atoms. The molecular weight excluding hydrogens is 224 g/mol. The van der Waals surface area contributed by atoms with Gasteiger partial charge in [-0.05, 0) is 18.2 Å². The Bertz CT molecular complexity index is 495. The molecule has 1 N–H and O–H groups in total. The van der Waals surface area contributed by atoms with Gasteiger partial charge in [0.05, 0.1) is 17.1 Å². The van der Waals surface area contributed by atoms with E-state index in [1.165, 1.54) is 18.2 Å². The predicted octanol–water partition coefficient (Wildman–Crippen LogP) is 1.59. The van der Waals surface area contributed by atoms with E-state index in [4.69, 9.17) is 4.84 Å². The summed E-state index contributed by atoms with van der Waals surface area (Å²) in [6.45, 7) is 3.44. The Balaban J connectivity index is 2.20. The first-order chi connectivity index (χ1) is 8.04. The van der Waals surface area contributed by atoms with E-state index in [0.29, 0.717) is 11.3 Å². The number of non-ortho nitro benzene ring substituents is 1. The molecule has 0 fully saturated rings. The third kappa shape index (κ3) is 2.16. The van der Waals surface area contributed by atoms with Crippen LogP contribution in [0.25, 0.3) is 0 Å². The zero-order valence-corrected chi connectivity index (χ0v) is 8.87. The van der Waals surface area contributed by atoms with Crippen LogP contribution in [0.4, 0.5) is 5.69 Å². The summed E-state index contributed by atoms with van der Waals surface area (Å²) < 4.78 is 0. The Morgan fingerprint density at radius 3 is 2.65 bits per heavy atom. The summed E-state index contributed by atoms with van der Waals surface area (Å²) in [4.78, 5) is 14.8. The lowest BCUT2D eigenvalue weighted by Gasteiger charge is -2.13. The predicted molar refractivity (Wildman–Crippen MR) is 60.5 cm³/mol. The zero-order valence-electron chi connectivity index (χ0n) is 8.87. The maximum atomic E-state index is 10.5. The molecular formula is C11H10N2O4. The Morgan fingerprint density at radius 2 is 2.18 bits per heavy atom. The molecule has 0 radical (unpaired) electrons. The van der Waals surface area contributed by atoms with Crippen LogP contribution >= 0.6 is 0 Å². The Morgan fingerprint density at radius 1 is 1.53 bits per heavy atom. The maximum Gasteiger partial charge on any atom is 0.269 e. The van der Waals surface area contributed by atoms with Gasteiger partial charge in [-0.15, -0.1) is 0 Å². The summed E-state index contributed by atoms with van der Waals surface area (Å²) in [6, 6.07) is 5.89. The topological polar surface area (TPSA) is 85.0 Å². The van der Waals surface area contributed by atoms with Crippen molar-refractivity contribution in [1.82, 2.24) is 0 Å². The first-order valence-corrected chi connectivity index (χ1v) is 4.90. The van der Waals surface area contributed by atoms with Crippen molar-refractivity contribution in [3.8, 4) is 0 Å². The van der Waals surface area contributed by atoms with E-state index in [9.17, 15) is 15.2 Å². The number of hydrogen-bond donors (Lipinski definition) is 1. The summed E-state index contributed by atoms with van der Waals surface area (Å²) in [6.07, 6.45) is 1.43. The average molecular weight is 234 g/mol. The molecule has 88 valence electrons. The van der Waals surface area contributed by atoms with E-state index in [-0.39, 0.29) is 12.1 Å². The molecule has 0 saturated heterocycles. The Kier molecular flexibility index (Phi) is 2.64. The normalized spacial score (nSPS) is 22.8. The van der Waals surface area contributed by atoms with Crippen molar-refractivity contribution in [3.05, 3.63) is 52.6 Å². The summed E-state index contributed by atoms with van der Waals surface area (Å²) >= 11 is 0. The van der Waals surface area contributed by atoms with Crippen molar-refractivity contribution in [2.45, 2.75) is 12.2 Å². The summed E-state index contributed by atoms with van der Waals surface area (Å²) in [7, 11) is 0. The van der Waals surface area contributed by atoms with E-state index in [1.54, 1.807) is 12.1 Å². The van der Waals surface area contributed by atoms with Crippen molar-refractivity contribution in [2.24, 2.45) is 5.16 Å². The molecule has 6 nitrogen and oxygen atoms in total. The van der Waals surface area contributed by atoms with E-state index in [2.05, 4.69) is 11.7 Å². The van der Waals surface area contributed by atoms with Crippen LogP contribution < -0.4 is 0 Å². The quantitative estimate of drug-likeness (QED) is 0.489. The van der Waals surface area contributed by atoms with Crippen LogP contribution in [-0.4, -0.2) is 21.5 Å². The third-order valence-electron chi connectivity index (χ3n) is 2.46. The van der Waals surface area contributed by atoms with Gasteiger partial charge in [0.15, 0.2) is 0 Å². The minimum atomic E-state index is -1.48. The minimum Gasteiger partial charge on any atom is -0.355 e. The van der Waals surface area contributed by atoms with Crippen LogP contribution in [0.1, 0.15) is 12.0 Å². The molecule has 0 saturated carbocycles. The van der Waals surface area contributed by atoms with Crippen molar-refractivity contribution in [3.63, 3.8) is 0 Å². The molecule has 1 atom stereocenters. The van der Waals surface area contributed by atoms with Crippen LogP contribution in [0.5, 0.6) is 0 Å². The van der Waals surface area contributed by atoms with Crippen molar-refractivity contribution in [1.29, 1.82) is 0 Å². The van der Waals surface area contributed by atoms with Gasteiger partial charge in [0.1, 0.15) is 0 Å². The molecule has 0 unspecified atom stereocenters. The second kappa shape index (κ2) is 3.99. The van der Waals surface area contributed by atoms with Gasteiger partial charge in [0.25, 0.3) is 11.5 Å². The monoisotopic (exact) mass is 234 g/mol. The summed E-state index contributed by atoms with van der Waals surface area (Å²) in [5.41, 5.74) is 1.21. The SMILES string of the molecule is C=C[C@@]1(O)CC(c2ccc([N+](=O)[O-])cc2)=NO1. The van der Waals surface area contributed by atoms with Gasteiger partial charge in [-0.25, -0.2) is 0 Å². The number of oxime groups is 1. The van der Waals surface area contributed by atoms with Crippen LogP contribution in [0.3, 0.4) is 0 Å². The molecule has 6 heteroatoms. The second-order valence-corrected chi connectivity index (χ2v) is 3.66. The molecule has 0 spiro atoms. The molecule has 1 heterocycles. The zero-order chi connectivity index (χ0) is 12.5. The highest BCUT2D eigenvalue weighted by Crippen LogP contribution is 2.25. The number of rotatable bonds is 3. The molecule has 0 aliphatic carbocycles. The minimum absolute atomic E-state index is 0.00671. The summed E-state index contributed by atoms with van der Waals surface area (Å²) in [5, 5.41) is 23.9. The molecule has 1 aromatic carbocycles. The maximum absolute atomic E-state index is 10.5. The number of aliphatic hydroxyl groups is 1. The van der Waals surface area contributed by atoms with Crippen LogP contribution in [0, 0.1) is 10.1 Å². The Labute approximate surface area is 97.0 Å². The first-order valence-electron chi connectivity index (χ1n) is 4.90. The van der Waals surface area contributed by atoms with Gasteiger partial charge in [0.2, 0.25) is 0 Å². The molecule has 17 heavy (non-hydrogen) atoms. The molecule has 1 aromatic rings. The highest BCUT2D eigenvalue weighted by Gasteiger charge is 2.34. The van der Waals surface area contributed by atoms with Gasteiger partial charge in [-0.1, -0.05) is 11.7 Å². The number of benzene rings is 1. The van der Waals surface area contributed by atoms with Crippen LogP contribution in [0.2, 0.25) is 0 Å². The van der Waals surface area contributed by atoms with E-state index < -0.39 is 10.7 Å². The summed E-state index contributed by atoms with van der Waals surface area (Å²) in [5.74, 6) is -1.48. The molecule has 1 aliphatic heterocycles. The number of nitro benzene ring substituents is 1. The van der Waals surface area contributed by atoms with Gasteiger partial charge in [-0.2, -0.15) is 0 Å². The highest BCUT2D eigenvalue weighted by atomic mass is 16.7. The first kappa shape index (κ1) is 11.3. The number of nitro groups is 1. The highest BCUT2D eigenvalue weighted by molar-refractivity contribution is 6.01. The van der Waals surface area contributed by atoms with E-state index >= 15 is 0 Å². The molecule has 0 aromatic heterocycles. The fraction of sp³-hybridized carbons (Fsp3) is 0.182. The largest absolute Gasteiger partial charge is 0.355 e. The molecule has 0 amide bonds. The number of hydrogen-bond acceptors (Lipinski definition) is 5. The lowest BCUT2D eigenvalue weighted by atomic mass is 10.0. The third-order valence-corrected chi connectivity index (χ3v) is 2.46. The Hall–Kier alpha value is -2.21. The van der Waals surface area contributed by atoms with Crippen molar-refractivity contribution >= 4 is 11.4 Å². The molecule has 1 aliphatic rings. The van der Waals surface area contributed by atoms with Crippen LogP contribution in [-0.2, 0) is 4.84 Å².